The summed E-state index contributed by atoms with van der Waals surface area (Å²) in [5, 5.41) is 0. The molecule has 0 radical (unpaired) electrons. The molecule has 3 aliphatic heterocycles. The lowest BCUT2D eigenvalue weighted by atomic mass is 9.86. The highest BCUT2D eigenvalue weighted by Gasteiger charge is 2.44. The third-order valence-electron chi connectivity index (χ3n) is 3.03. The Morgan fingerprint density at radius 2 is 1.73 bits per heavy atom. The minimum absolute atomic E-state index is 0.757. The Hall–Kier alpha value is -0.0800. The van der Waals surface area contributed by atoms with Gasteiger partial charge in [-0.05, 0) is 27.3 Å². The van der Waals surface area contributed by atoms with Gasteiger partial charge in [-0.25, -0.2) is 0 Å². The van der Waals surface area contributed by atoms with E-state index >= 15 is 0 Å². The maximum atomic E-state index is 2.67. The summed E-state index contributed by atoms with van der Waals surface area (Å²) in [5.41, 5.74) is 0. The Morgan fingerprint density at radius 1 is 1.18 bits per heavy atom. The molecular formula is C9H18N2. The predicted octanol–water partition coefficient (Wildman–Crippen LogP) is 0.783. The average molecular weight is 154 g/mol. The summed E-state index contributed by atoms with van der Waals surface area (Å²) in [6.45, 7) is 7.19. The van der Waals surface area contributed by atoms with Crippen LogP contribution in [0.15, 0.2) is 0 Å². The zero-order chi connectivity index (χ0) is 8.01. The highest BCUT2D eigenvalue weighted by Crippen LogP contribution is 2.33. The summed E-state index contributed by atoms with van der Waals surface area (Å²) in [4.78, 5) is 5.12. The third kappa shape index (κ3) is 1.09. The van der Waals surface area contributed by atoms with Gasteiger partial charge in [0.2, 0.25) is 0 Å². The number of piperidine rings is 1. The van der Waals surface area contributed by atoms with Crippen LogP contribution in [0.3, 0.4) is 0 Å². The van der Waals surface area contributed by atoms with Gasteiger partial charge in [0, 0.05) is 31.2 Å². The molecule has 0 amide bonds. The van der Waals surface area contributed by atoms with E-state index < -0.39 is 0 Å². The highest BCUT2D eigenvalue weighted by atomic mass is 15.4. The Labute approximate surface area is 69.2 Å². The topological polar surface area (TPSA) is 6.48 Å². The Kier molecular flexibility index (Phi) is 1.69. The van der Waals surface area contributed by atoms with Crippen molar-refractivity contribution in [2.75, 3.05) is 20.1 Å². The molecule has 0 aromatic heterocycles. The van der Waals surface area contributed by atoms with Crippen LogP contribution >= 0.6 is 0 Å². The first-order valence-electron chi connectivity index (χ1n) is 4.64. The first-order valence-corrected chi connectivity index (χ1v) is 4.64. The van der Waals surface area contributed by atoms with Gasteiger partial charge in [-0.2, -0.15) is 0 Å². The Morgan fingerprint density at radius 3 is 2.18 bits per heavy atom. The van der Waals surface area contributed by atoms with E-state index in [1.807, 2.05) is 0 Å². The molecule has 3 fully saturated rings. The second kappa shape index (κ2) is 2.46. The molecule has 2 nitrogen and oxygen atoms in total. The maximum absolute atomic E-state index is 2.67. The van der Waals surface area contributed by atoms with Gasteiger partial charge >= 0.3 is 0 Å². The average Bonchev–Trinajstić information content (AvgIpc) is 1.84. The molecule has 3 saturated heterocycles. The predicted molar refractivity (Wildman–Crippen MR) is 46.7 cm³/mol. The molecule has 3 rings (SSSR count). The van der Waals surface area contributed by atoms with Crippen molar-refractivity contribution >= 4 is 0 Å². The second-order valence-electron chi connectivity index (χ2n) is 4.31. The SMILES string of the molecule is CC(C)N1C2CC1CN(C)C2. The highest BCUT2D eigenvalue weighted by molar-refractivity contribution is 5.01. The fourth-order valence-corrected chi connectivity index (χ4v) is 2.69. The molecule has 0 spiro atoms. The Balaban J connectivity index is 1.98. The summed E-state index contributed by atoms with van der Waals surface area (Å²) in [6, 6.07) is 2.50. The minimum Gasteiger partial charge on any atom is -0.303 e. The van der Waals surface area contributed by atoms with Gasteiger partial charge in [0.1, 0.15) is 0 Å². The zero-order valence-electron chi connectivity index (χ0n) is 7.75. The number of rotatable bonds is 1. The molecule has 0 aromatic rings. The number of piperazine rings is 1. The van der Waals surface area contributed by atoms with Gasteiger partial charge in [-0.1, -0.05) is 0 Å². The second-order valence-corrected chi connectivity index (χ2v) is 4.31. The fourth-order valence-electron chi connectivity index (χ4n) is 2.69. The summed E-state index contributed by atoms with van der Waals surface area (Å²) in [5.74, 6) is 0. The van der Waals surface area contributed by atoms with E-state index in [0.29, 0.717) is 0 Å². The van der Waals surface area contributed by atoms with Crippen molar-refractivity contribution < 1.29 is 0 Å². The zero-order valence-corrected chi connectivity index (χ0v) is 7.75. The van der Waals surface area contributed by atoms with Crippen molar-refractivity contribution in [3.05, 3.63) is 0 Å². The molecule has 0 aliphatic carbocycles. The van der Waals surface area contributed by atoms with E-state index in [4.69, 9.17) is 0 Å². The molecule has 2 unspecified atom stereocenters. The maximum Gasteiger partial charge on any atom is 0.0244 e. The van der Waals surface area contributed by atoms with Crippen LogP contribution < -0.4 is 0 Å². The van der Waals surface area contributed by atoms with Crippen molar-refractivity contribution in [3.8, 4) is 0 Å². The van der Waals surface area contributed by atoms with E-state index in [1.165, 1.54) is 19.5 Å². The molecule has 0 aromatic carbocycles. The lowest BCUT2D eigenvalue weighted by Crippen LogP contribution is -2.69. The van der Waals surface area contributed by atoms with Crippen LogP contribution in [0.25, 0.3) is 0 Å². The molecule has 0 saturated carbocycles. The van der Waals surface area contributed by atoms with E-state index in [9.17, 15) is 0 Å². The number of likely N-dealkylation sites (N-methyl/N-ethyl adjacent to an activating group) is 1. The number of hydrogen-bond acceptors (Lipinski definition) is 2. The standard InChI is InChI=1S/C9H18N2/c1-7(2)11-8-4-9(11)6-10(3)5-8/h7-9H,4-6H2,1-3H3. The van der Waals surface area contributed by atoms with Crippen LogP contribution in [0, 0.1) is 0 Å². The lowest BCUT2D eigenvalue weighted by molar-refractivity contribution is -0.0804. The molecule has 2 atom stereocenters. The molecule has 3 heterocycles. The van der Waals surface area contributed by atoms with Gasteiger partial charge in [0.15, 0.2) is 0 Å². The van der Waals surface area contributed by atoms with E-state index in [0.717, 1.165) is 18.1 Å². The van der Waals surface area contributed by atoms with Crippen LogP contribution in [0.5, 0.6) is 0 Å². The lowest BCUT2D eigenvalue weighted by Gasteiger charge is -2.57. The van der Waals surface area contributed by atoms with Gasteiger partial charge in [0.25, 0.3) is 0 Å². The molecule has 11 heavy (non-hydrogen) atoms. The van der Waals surface area contributed by atoms with Crippen LogP contribution in [-0.4, -0.2) is 48.1 Å². The van der Waals surface area contributed by atoms with Gasteiger partial charge in [0.05, 0.1) is 0 Å². The van der Waals surface area contributed by atoms with Crippen LogP contribution in [0.4, 0.5) is 0 Å². The van der Waals surface area contributed by atoms with Crippen molar-refractivity contribution in [1.82, 2.24) is 9.80 Å². The third-order valence-corrected chi connectivity index (χ3v) is 3.03. The molecule has 64 valence electrons. The smallest absolute Gasteiger partial charge is 0.0244 e. The molecule has 0 N–H and O–H groups in total. The molecular weight excluding hydrogens is 136 g/mol. The number of hydrogen-bond donors (Lipinski definition) is 0. The van der Waals surface area contributed by atoms with Crippen molar-refractivity contribution in [1.29, 1.82) is 0 Å². The van der Waals surface area contributed by atoms with Gasteiger partial charge in [-0.15, -0.1) is 0 Å². The summed E-state index contributed by atoms with van der Waals surface area (Å²) in [6.07, 6.45) is 1.45. The van der Waals surface area contributed by atoms with Crippen molar-refractivity contribution in [2.24, 2.45) is 0 Å². The quantitative estimate of drug-likeness (QED) is 0.551. The number of fused-ring (bicyclic) bond motifs is 2. The molecule has 2 bridgehead atoms. The largest absolute Gasteiger partial charge is 0.303 e. The van der Waals surface area contributed by atoms with Gasteiger partial charge < -0.3 is 4.90 Å². The van der Waals surface area contributed by atoms with Crippen LogP contribution in [0.1, 0.15) is 20.3 Å². The normalized spacial score (nSPS) is 39.3. The Bertz CT molecular complexity index is 144. The summed E-state index contributed by atoms with van der Waals surface area (Å²) < 4.78 is 0. The van der Waals surface area contributed by atoms with Gasteiger partial charge in [-0.3, -0.25) is 4.90 Å². The van der Waals surface area contributed by atoms with Crippen molar-refractivity contribution in [3.63, 3.8) is 0 Å². The monoisotopic (exact) mass is 154 g/mol. The first kappa shape index (κ1) is 7.56. The fraction of sp³-hybridized carbons (Fsp3) is 1.00. The number of nitrogens with zero attached hydrogens (tertiary/aromatic N) is 2. The summed E-state index contributed by atoms with van der Waals surface area (Å²) in [7, 11) is 2.23. The summed E-state index contributed by atoms with van der Waals surface area (Å²) >= 11 is 0. The minimum atomic E-state index is 0.757. The van der Waals surface area contributed by atoms with E-state index in [-0.39, 0.29) is 0 Å². The molecule has 3 aliphatic rings. The first-order chi connectivity index (χ1) is 5.18. The molecule has 2 heteroatoms. The van der Waals surface area contributed by atoms with Crippen LogP contribution in [0.2, 0.25) is 0 Å². The van der Waals surface area contributed by atoms with E-state index in [1.54, 1.807) is 0 Å². The van der Waals surface area contributed by atoms with Crippen molar-refractivity contribution in [2.45, 2.75) is 38.4 Å². The van der Waals surface area contributed by atoms with Crippen LogP contribution in [-0.2, 0) is 0 Å². The van der Waals surface area contributed by atoms with E-state index in [2.05, 4.69) is 30.7 Å².